The van der Waals surface area contributed by atoms with Crippen LogP contribution >= 0.6 is 0 Å². The zero-order valence-corrected chi connectivity index (χ0v) is 8.40. The summed E-state index contributed by atoms with van der Waals surface area (Å²) < 4.78 is 13.0. The van der Waals surface area contributed by atoms with Crippen molar-refractivity contribution < 1.29 is 14.3 Å². The summed E-state index contributed by atoms with van der Waals surface area (Å²) in [7, 11) is 0. The summed E-state index contributed by atoms with van der Waals surface area (Å²) in [4.78, 5) is 12.9. The van der Waals surface area contributed by atoms with Crippen molar-refractivity contribution in [1.82, 2.24) is 0 Å². The maximum atomic E-state index is 13.0. The molecule has 80 valence electrons. The van der Waals surface area contributed by atoms with Crippen molar-refractivity contribution in [3.05, 3.63) is 29.6 Å². The first-order valence-electron chi connectivity index (χ1n) is 4.82. The monoisotopic (exact) mass is 209 g/mol. The molecule has 1 aliphatic rings. The molecule has 15 heavy (non-hydrogen) atoms. The van der Waals surface area contributed by atoms with E-state index >= 15 is 0 Å². The van der Waals surface area contributed by atoms with Gasteiger partial charge in [-0.05, 0) is 30.2 Å². The summed E-state index contributed by atoms with van der Waals surface area (Å²) in [6, 6.07) is 4.08. The number of aliphatic hydroxyl groups excluding tert-OH is 1. The SMILES string of the molecule is CC(=O)N1c2ccc(F)cc2CC1CO. The number of carbonyl (C=O) groups is 1. The highest BCUT2D eigenvalue weighted by Gasteiger charge is 2.31. The summed E-state index contributed by atoms with van der Waals surface area (Å²) in [5.74, 6) is -0.435. The van der Waals surface area contributed by atoms with Crippen LogP contribution in [0.25, 0.3) is 0 Å². The fraction of sp³-hybridized carbons (Fsp3) is 0.364. The Kier molecular flexibility index (Phi) is 2.44. The fourth-order valence-corrected chi connectivity index (χ4v) is 2.07. The summed E-state index contributed by atoms with van der Waals surface area (Å²) >= 11 is 0. The molecule has 1 N–H and O–H groups in total. The lowest BCUT2D eigenvalue weighted by Crippen LogP contribution is -2.38. The van der Waals surface area contributed by atoms with Crippen molar-refractivity contribution in [2.45, 2.75) is 19.4 Å². The molecule has 0 aliphatic carbocycles. The highest BCUT2D eigenvalue weighted by molar-refractivity contribution is 5.94. The number of hydrogen-bond donors (Lipinski definition) is 1. The Balaban J connectivity index is 2.44. The predicted molar refractivity (Wildman–Crippen MR) is 54.1 cm³/mol. The van der Waals surface area contributed by atoms with Gasteiger partial charge >= 0.3 is 0 Å². The van der Waals surface area contributed by atoms with Crippen molar-refractivity contribution in [1.29, 1.82) is 0 Å². The van der Waals surface area contributed by atoms with Crippen LogP contribution in [0.4, 0.5) is 10.1 Å². The molecule has 1 amide bonds. The first-order valence-corrected chi connectivity index (χ1v) is 4.82. The third kappa shape index (κ3) is 1.61. The van der Waals surface area contributed by atoms with Crippen molar-refractivity contribution >= 4 is 11.6 Å². The van der Waals surface area contributed by atoms with Gasteiger partial charge in [0.1, 0.15) is 5.82 Å². The summed E-state index contributed by atoms with van der Waals surface area (Å²) in [5, 5.41) is 9.14. The Morgan fingerprint density at radius 2 is 2.40 bits per heavy atom. The molecule has 1 heterocycles. The summed E-state index contributed by atoms with van der Waals surface area (Å²) in [6.07, 6.45) is 0.517. The van der Waals surface area contributed by atoms with Gasteiger partial charge in [-0.3, -0.25) is 4.79 Å². The molecular formula is C11H12FNO2. The number of anilines is 1. The van der Waals surface area contributed by atoms with Gasteiger partial charge in [-0.2, -0.15) is 0 Å². The number of benzene rings is 1. The lowest BCUT2D eigenvalue weighted by atomic mass is 10.1. The first-order chi connectivity index (χ1) is 7.13. The zero-order chi connectivity index (χ0) is 11.0. The van der Waals surface area contributed by atoms with Gasteiger partial charge in [-0.25, -0.2) is 4.39 Å². The number of halogens is 1. The van der Waals surface area contributed by atoms with Crippen LogP contribution in [0.2, 0.25) is 0 Å². The molecule has 2 rings (SSSR count). The smallest absolute Gasteiger partial charge is 0.224 e. The Bertz CT molecular complexity index is 406. The molecule has 1 aliphatic heterocycles. The zero-order valence-electron chi connectivity index (χ0n) is 8.40. The molecule has 1 unspecified atom stereocenters. The Hall–Kier alpha value is -1.42. The molecule has 4 heteroatoms. The van der Waals surface area contributed by atoms with Gasteiger partial charge in [-0.1, -0.05) is 0 Å². The van der Waals surface area contributed by atoms with E-state index in [0.717, 1.165) is 5.56 Å². The van der Waals surface area contributed by atoms with Gasteiger partial charge in [0, 0.05) is 12.6 Å². The molecule has 0 saturated carbocycles. The molecule has 0 saturated heterocycles. The number of aliphatic hydroxyl groups is 1. The van der Waals surface area contributed by atoms with Gasteiger partial charge in [0.25, 0.3) is 0 Å². The van der Waals surface area contributed by atoms with E-state index in [1.807, 2.05) is 0 Å². The van der Waals surface area contributed by atoms with Crippen LogP contribution in [0.1, 0.15) is 12.5 Å². The Morgan fingerprint density at radius 3 is 3.00 bits per heavy atom. The predicted octanol–water partition coefficient (Wildman–Crippen LogP) is 1.10. The van der Waals surface area contributed by atoms with E-state index in [0.29, 0.717) is 12.1 Å². The number of rotatable bonds is 1. The molecule has 1 aromatic rings. The van der Waals surface area contributed by atoms with E-state index in [4.69, 9.17) is 5.11 Å². The van der Waals surface area contributed by atoms with Crippen molar-refractivity contribution in [3.8, 4) is 0 Å². The van der Waals surface area contributed by atoms with Gasteiger partial charge in [0.05, 0.1) is 12.6 Å². The number of nitrogens with zero attached hydrogens (tertiary/aromatic N) is 1. The van der Waals surface area contributed by atoms with Crippen LogP contribution in [-0.2, 0) is 11.2 Å². The topological polar surface area (TPSA) is 40.5 Å². The molecule has 3 nitrogen and oxygen atoms in total. The van der Waals surface area contributed by atoms with Crippen molar-refractivity contribution in [3.63, 3.8) is 0 Å². The van der Waals surface area contributed by atoms with Crippen LogP contribution in [-0.4, -0.2) is 23.7 Å². The van der Waals surface area contributed by atoms with Gasteiger partial charge in [0.2, 0.25) is 5.91 Å². The standard InChI is InChI=1S/C11H12FNO2/c1-7(15)13-10(6-14)5-8-4-9(12)2-3-11(8)13/h2-4,10,14H,5-6H2,1H3. The number of hydrogen-bond acceptors (Lipinski definition) is 2. The third-order valence-corrected chi connectivity index (χ3v) is 2.67. The quantitative estimate of drug-likeness (QED) is 0.752. The average Bonchev–Trinajstić information content (AvgIpc) is 2.54. The van der Waals surface area contributed by atoms with E-state index in [2.05, 4.69) is 0 Å². The van der Waals surface area contributed by atoms with Crippen LogP contribution < -0.4 is 4.90 Å². The minimum Gasteiger partial charge on any atom is -0.394 e. The second-order valence-electron chi connectivity index (χ2n) is 3.70. The normalized spacial score (nSPS) is 19.1. The maximum absolute atomic E-state index is 13.0. The van der Waals surface area contributed by atoms with E-state index in [1.165, 1.54) is 24.0 Å². The van der Waals surface area contributed by atoms with Crippen LogP contribution in [0.15, 0.2) is 18.2 Å². The summed E-state index contributed by atoms with van der Waals surface area (Å²) in [5.41, 5.74) is 1.49. The highest BCUT2D eigenvalue weighted by atomic mass is 19.1. The van der Waals surface area contributed by atoms with Gasteiger partial charge in [-0.15, -0.1) is 0 Å². The van der Waals surface area contributed by atoms with Gasteiger partial charge < -0.3 is 10.0 Å². The molecule has 0 fully saturated rings. The molecule has 1 aromatic carbocycles. The lowest BCUT2D eigenvalue weighted by molar-refractivity contribution is -0.117. The molecule has 1 atom stereocenters. The first kappa shape index (κ1) is 10.1. The second-order valence-corrected chi connectivity index (χ2v) is 3.70. The number of carbonyl (C=O) groups excluding carboxylic acids is 1. The van der Waals surface area contributed by atoms with Crippen LogP contribution in [0.5, 0.6) is 0 Å². The van der Waals surface area contributed by atoms with E-state index in [9.17, 15) is 9.18 Å². The Labute approximate surface area is 87.1 Å². The number of amides is 1. The molecular weight excluding hydrogens is 197 g/mol. The molecule has 0 radical (unpaired) electrons. The van der Waals surface area contributed by atoms with E-state index in [1.54, 1.807) is 6.07 Å². The number of fused-ring (bicyclic) bond motifs is 1. The molecule has 0 spiro atoms. The van der Waals surface area contributed by atoms with Gasteiger partial charge in [0.15, 0.2) is 0 Å². The minimum absolute atomic E-state index is 0.101. The average molecular weight is 209 g/mol. The van der Waals surface area contributed by atoms with Crippen molar-refractivity contribution in [2.75, 3.05) is 11.5 Å². The van der Waals surface area contributed by atoms with Crippen LogP contribution in [0, 0.1) is 5.82 Å². The Morgan fingerprint density at radius 1 is 1.67 bits per heavy atom. The summed E-state index contributed by atoms with van der Waals surface area (Å²) in [6.45, 7) is 1.34. The van der Waals surface area contributed by atoms with E-state index < -0.39 is 0 Å². The highest BCUT2D eigenvalue weighted by Crippen LogP contribution is 2.32. The van der Waals surface area contributed by atoms with Crippen molar-refractivity contribution in [2.24, 2.45) is 0 Å². The second kappa shape index (κ2) is 3.62. The van der Waals surface area contributed by atoms with E-state index in [-0.39, 0.29) is 24.4 Å². The minimum atomic E-state index is -0.309. The van der Waals surface area contributed by atoms with Crippen LogP contribution in [0.3, 0.4) is 0 Å². The maximum Gasteiger partial charge on any atom is 0.224 e. The fourth-order valence-electron chi connectivity index (χ4n) is 2.07. The lowest BCUT2D eigenvalue weighted by Gasteiger charge is -2.22. The molecule has 0 aromatic heterocycles. The molecule has 0 bridgehead atoms. The third-order valence-electron chi connectivity index (χ3n) is 2.67. The largest absolute Gasteiger partial charge is 0.394 e.